The first kappa shape index (κ1) is 8.87. The number of hydrogen-bond donors (Lipinski definition) is 2. The van der Waals surface area contributed by atoms with Crippen molar-refractivity contribution in [2.45, 2.75) is 13.3 Å². The maximum atomic E-state index is 11.2. The van der Waals surface area contributed by atoms with Gasteiger partial charge in [-0.3, -0.25) is 4.79 Å². The third-order valence-electron chi connectivity index (χ3n) is 2.29. The van der Waals surface area contributed by atoms with Gasteiger partial charge < -0.3 is 14.9 Å². The van der Waals surface area contributed by atoms with Crippen LogP contribution in [0, 0.1) is 5.92 Å². The lowest BCUT2D eigenvalue weighted by Crippen LogP contribution is -2.25. The standard InChI is InChI=1S/C10H10O4/c1-5-2-7-8(12)3-6(11)4-9(7)14-10(5)13/h3-5,11-12H,2H2,1H3. The van der Waals surface area contributed by atoms with Gasteiger partial charge in [-0.25, -0.2) is 0 Å². The van der Waals surface area contributed by atoms with Crippen LogP contribution in [0.2, 0.25) is 0 Å². The Labute approximate surface area is 80.7 Å². The van der Waals surface area contributed by atoms with Crippen LogP contribution in [0.5, 0.6) is 17.2 Å². The van der Waals surface area contributed by atoms with Crippen molar-refractivity contribution in [1.82, 2.24) is 0 Å². The third-order valence-corrected chi connectivity index (χ3v) is 2.29. The quantitative estimate of drug-likeness (QED) is 0.481. The Balaban J connectivity index is 2.51. The Bertz CT molecular complexity index is 397. The van der Waals surface area contributed by atoms with E-state index in [2.05, 4.69) is 0 Å². The first-order chi connectivity index (χ1) is 6.58. The fourth-order valence-electron chi connectivity index (χ4n) is 1.51. The number of esters is 1. The van der Waals surface area contributed by atoms with E-state index >= 15 is 0 Å². The van der Waals surface area contributed by atoms with E-state index in [-0.39, 0.29) is 29.1 Å². The second-order valence-electron chi connectivity index (χ2n) is 3.47. The van der Waals surface area contributed by atoms with Crippen LogP contribution in [0.3, 0.4) is 0 Å². The van der Waals surface area contributed by atoms with Gasteiger partial charge in [0.2, 0.25) is 0 Å². The van der Waals surface area contributed by atoms with E-state index in [9.17, 15) is 9.90 Å². The van der Waals surface area contributed by atoms with Crippen LogP contribution in [0.15, 0.2) is 12.1 Å². The number of phenolic OH excluding ortho intramolecular Hbond substituents is 2. The molecule has 4 heteroatoms. The molecule has 1 aromatic carbocycles. The highest BCUT2D eigenvalue weighted by Crippen LogP contribution is 2.37. The van der Waals surface area contributed by atoms with Crippen molar-refractivity contribution in [3.8, 4) is 17.2 Å². The molecule has 0 aromatic heterocycles. The summed E-state index contributed by atoms with van der Waals surface area (Å²) in [5.74, 6) is -0.464. The van der Waals surface area contributed by atoms with Crippen LogP contribution in [0.1, 0.15) is 12.5 Å². The van der Waals surface area contributed by atoms with Gasteiger partial charge in [0, 0.05) is 17.7 Å². The summed E-state index contributed by atoms with van der Waals surface area (Å²) in [4.78, 5) is 11.2. The Hall–Kier alpha value is -1.71. The highest BCUT2D eigenvalue weighted by molar-refractivity contribution is 5.78. The lowest BCUT2D eigenvalue weighted by molar-refractivity contribution is -0.139. The van der Waals surface area contributed by atoms with Crippen molar-refractivity contribution < 1.29 is 19.7 Å². The zero-order valence-corrected chi connectivity index (χ0v) is 7.65. The normalized spacial score (nSPS) is 20.1. The molecule has 0 amide bonds. The van der Waals surface area contributed by atoms with Gasteiger partial charge in [-0.05, 0) is 6.42 Å². The van der Waals surface area contributed by atoms with Gasteiger partial charge in [0.25, 0.3) is 0 Å². The summed E-state index contributed by atoms with van der Waals surface area (Å²) < 4.78 is 4.95. The summed E-state index contributed by atoms with van der Waals surface area (Å²) >= 11 is 0. The van der Waals surface area contributed by atoms with Crippen LogP contribution < -0.4 is 4.74 Å². The fraction of sp³-hybridized carbons (Fsp3) is 0.300. The average molecular weight is 194 g/mol. The minimum atomic E-state index is -0.331. The average Bonchev–Trinajstić information content (AvgIpc) is 2.08. The molecule has 1 atom stereocenters. The van der Waals surface area contributed by atoms with Crippen molar-refractivity contribution in [3.63, 3.8) is 0 Å². The minimum absolute atomic E-state index is 0.0284. The molecule has 0 aliphatic carbocycles. The first-order valence-electron chi connectivity index (χ1n) is 4.34. The number of aromatic hydroxyl groups is 2. The SMILES string of the molecule is CC1Cc2c(O)cc(O)cc2OC1=O. The van der Waals surface area contributed by atoms with Gasteiger partial charge in [0.1, 0.15) is 17.2 Å². The number of hydrogen-bond acceptors (Lipinski definition) is 4. The van der Waals surface area contributed by atoms with E-state index in [1.165, 1.54) is 12.1 Å². The van der Waals surface area contributed by atoms with Crippen LogP contribution in [0.25, 0.3) is 0 Å². The number of rotatable bonds is 0. The van der Waals surface area contributed by atoms with Crippen molar-refractivity contribution in [2.24, 2.45) is 5.92 Å². The summed E-state index contributed by atoms with van der Waals surface area (Å²) in [6.45, 7) is 1.73. The van der Waals surface area contributed by atoms with Gasteiger partial charge in [-0.15, -0.1) is 0 Å². The van der Waals surface area contributed by atoms with Crippen molar-refractivity contribution in [2.75, 3.05) is 0 Å². The summed E-state index contributed by atoms with van der Waals surface area (Å²) in [7, 11) is 0. The maximum Gasteiger partial charge on any atom is 0.314 e. The lowest BCUT2D eigenvalue weighted by atomic mass is 9.97. The fourth-order valence-corrected chi connectivity index (χ4v) is 1.51. The lowest BCUT2D eigenvalue weighted by Gasteiger charge is -2.21. The van der Waals surface area contributed by atoms with Gasteiger partial charge in [-0.1, -0.05) is 6.92 Å². The van der Waals surface area contributed by atoms with Crippen LogP contribution in [0.4, 0.5) is 0 Å². The molecule has 0 bridgehead atoms. The first-order valence-corrected chi connectivity index (χ1v) is 4.34. The summed E-state index contributed by atoms with van der Waals surface area (Å²) in [6.07, 6.45) is 0.445. The van der Waals surface area contributed by atoms with Crippen molar-refractivity contribution in [3.05, 3.63) is 17.7 Å². The largest absolute Gasteiger partial charge is 0.508 e. The number of benzene rings is 1. The molecule has 0 radical (unpaired) electrons. The second kappa shape index (κ2) is 2.90. The maximum absolute atomic E-state index is 11.2. The predicted octanol–water partition coefficient (Wildman–Crippen LogP) is 1.20. The van der Waals surface area contributed by atoms with Crippen LogP contribution in [-0.4, -0.2) is 16.2 Å². The molecule has 14 heavy (non-hydrogen) atoms. The van der Waals surface area contributed by atoms with Crippen molar-refractivity contribution >= 4 is 5.97 Å². The molecule has 0 fully saturated rings. The molecule has 1 aliphatic rings. The second-order valence-corrected chi connectivity index (χ2v) is 3.47. The van der Waals surface area contributed by atoms with E-state index in [1.54, 1.807) is 6.92 Å². The summed E-state index contributed by atoms with van der Waals surface area (Å²) in [6, 6.07) is 2.57. The smallest absolute Gasteiger partial charge is 0.314 e. The highest BCUT2D eigenvalue weighted by atomic mass is 16.5. The Kier molecular flexibility index (Phi) is 1.84. The molecule has 1 heterocycles. The zero-order chi connectivity index (χ0) is 10.3. The topological polar surface area (TPSA) is 66.8 Å². The molecule has 1 unspecified atom stereocenters. The van der Waals surface area contributed by atoms with E-state index in [1.807, 2.05) is 0 Å². The van der Waals surface area contributed by atoms with Crippen LogP contribution in [-0.2, 0) is 11.2 Å². The van der Waals surface area contributed by atoms with Gasteiger partial charge in [-0.2, -0.15) is 0 Å². The van der Waals surface area contributed by atoms with Gasteiger partial charge in [0.05, 0.1) is 5.92 Å². The molecule has 74 valence electrons. The molecule has 1 aliphatic heterocycles. The Morgan fingerprint density at radius 2 is 2.14 bits per heavy atom. The number of carbonyl (C=O) groups excluding carboxylic acids is 1. The monoisotopic (exact) mass is 194 g/mol. The van der Waals surface area contributed by atoms with E-state index in [4.69, 9.17) is 9.84 Å². The number of carbonyl (C=O) groups is 1. The predicted molar refractivity (Wildman–Crippen MR) is 48.3 cm³/mol. The van der Waals surface area contributed by atoms with Crippen molar-refractivity contribution in [1.29, 1.82) is 0 Å². The van der Waals surface area contributed by atoms with Gasteiger partial charge >= 0.3 is 5.97 Å². The molecule has 2 N–H and O–H groups in total. The molecule has 0 spiro atoms. The third kappa shape index (κ3) is 1.28. The minimum Gasteiger partial charge on any atom is -0.508 e. The molecule has 0 saturated carbocycles. The van der Waals surface area contributed by atoms with E-state index in [0.29, 0.717) is 12.0 Å². The molecule has 0 saturated heterocycles. The summed E-state index contributed by atoms with van der Waals surface area (Å²) in [5.41, 5.74) is 0.579. The molecule has 4 nitrogen and oxygen atoms in total. The van der Waals surface area contributed by atoms with E-state index < -0.39 is 0 Å². The molecule has 2 rings (SSSR count). The zero-order valence-electron chi connectivity index (χ0n) is 7.65. The highest BCUT2D eigenvalue weighted by Gasteiger charge is 2.27. The molecular formula is C10H10O4. The molecule has 1 aromatic rings. The Morgan fingerprint density at radius 3 is 2.86 bits per heavy atom. The molecular weight excluding hydrogens is 184 g/mol. The Morgan fingerprint density at radius 1 is 1.43 bits per heavy atom. The van der Waals surface area contributed by atoms with Gasteiger partial charge in [0.15, 0.2) is 0 Å². The summed E-state index contributed by atoms with van der Waals surface area (Å²) in [5, 5.41) is 18.7. The number of ether oxygens (including phenoxy) is 1. The van der Waals surface area contributed by atoms with Crippen LogP contribution >= 0.6 is 0 Å². The number of phenols is 2. The van der Waals surface area contributed by atoms with E-state index in [0.717, 1.165) is 0 Å². The number of fused-ring (bicyclic) bond motifs is 1.